The highest BCUT2D eigenvalue weighted by Crippen LogP contribution is 2.30. The van der Waals surface area contributed by atoms with Crippen molar-refractivity contribution in [3.8, 4) is 0 Å². The third-order valence-electron chi connectivity index (χ3n) is 3.64. The lowest BCUT2D eigenvalue weighted by molar-refractivity contribution is -0.00112. The number of hydrogen-bond acceptors (Lipinski definition) is 4. The Morgan fingerprint density at radius 2 is 2.06 bits per heavy atom. The van der Waals surface area contributed by atoms with Gasteiger partial charge in [0.15, 0.2) is 0 Å². The number of nitrogens with one attached hydrogen (secondary N) is 1. The van der Waals surface area contributed by atoms with Crippen LogP contribution in [0.25, 0.3) is 0 Å². The van der Waals surface area contributed by atoms with Gasteiger partial charge >= 0.3 is 0 Å². The first-order valence-corrected chi connectivity index (χ1v) is 6.67. The molecule has 4 nitrogen and oxygen atoms in total. The van der Waals surface area contributed by atoms with E-state index in [0.29, 0.717) is 5.41 Å². The lowest BCUT2D eigenvalue weighted by atomic mass is 9.79. The van der Waals surface area contributed by atoms with Crippen molar-refractivity contribution in [2.45, 2.75) is 32.3 Å². The Labute approximate surface area is 105 Å². The van der Waals surface area contributed by atoms with Crippen molar-refractivity contribution in [1.82, 2.24) is 10.2 Å². The van der Waals surface area contributed by atoms with Gasteiger partial charge in [0.25, 0.3) is 0 Å². The summed E-state index contributed by atoms with van der Waals surface area (Å²) in [6, 6.07) is 0. The van der Waals surface area contributed by atoms with E-state index in [2.05, 4.69) is 17.3 Å². The standard InChI is InChI=1S/C13H28N2O2/c1-12(16)4-7-15(3)11-13(10-14-2)5-8-17-9-6-13/h12,14,16H,4-11H2,1-3H3. The van der Waals surface area contributed by atoms with Crippen LogP contribution in [0.5, 0.6) is 0 Å². The molecule has 0 spiro atoms. The zero-order valence-electron chi connectivity index (χ0n) is 11.5. The number of hydrogen-bond donors (Lipinski definition) is 2. The zero-order valence-corrected chi connectivity index (χ0v) is 11.5. The smallest absolute Gasteiger partial charge is 0.0524 e. The molecule has 0 aromatic rings. The van der Waals surface area contributed by atoms with Crippen molar-refractivity contribution in [2.24, 2.45) is 5.41 Å². The second-order valence-electron chi connectivity index (χ2n) is 5.52. The summed E-state index contributed by atoms with van der Waals surface area (Å²) >= 11 is 0. The van der Waals surface area contributed by atoms with Crippen LogP contribution in [0, 0.1) is 5.41 Å². The molecule has 0 amide bonds. The Morgan fingerprint density at radius 3 is 2.59 bits per heavy atom. The predicted octanol–water partition coefficient (Wildman–Crippen LogP) is 0.705. The Kier molecular flexibility index (Phi) is 6.41. The van der Waals surface area contributed by atoms with Gasteiger partial charge in [0.2, 0.25) is 0 Å². The van der Waals surface area contributed by atoms with Crippen molar-refractivity contribution >= 4 is 0 Å². The Bertz CT molecular complexity index is 198. The molecule has 0 bridgehead atoms. The Hall–Kier alpha value is -0.160. The first-order valence-electron chi connectivity index (χ1n) is 6.67. The minimum absolute atomic E-state index is 0.201. The average Bonchev–Trinajstić information content (AvgIpc) is 2.28. The highest BCUT2D eigenvalue weighted by molar-refractivity contribution is 4.86. The minimum atomic E-state index is -0.201. The lowest BCUT2D eigenvalue weighted by Crippen LogP contribution is -2.46. The molecule has 0 aliphatic carbocycles. The third kappa shape index (κ3) is 5.34. The molecule has 1 atom stereocenters. The summed E-state index contributed by atoms with van der Waals surface area (Å²) < 4.78 is 5.46. The van der Waals surface area contributed by atoms with E-state index in [1.807, 2.05) is 14.0 Å². The molecule has 2 N–H and O–H groups in total. The van der Waals surface area contributed by atoms with Gasteiger partial charge in [-0.05, 0) is 45.7 Å². The van der Waals surface area contributed by atoms with E-state index < -0.39 is 0 Å². The molecule has 1 heterocycles. The quantitative estimate of drug-likeness (QED) is 0.692. The van der Waals surface area contributed by atoms with Crippen LogP contribution in [0.1, 0.15) is 26.2 Å². The van der Waals surface area contributed by atoms with Crippen LogP contribution in [0.4, 0.5) is 0 Å². The molecular formula is C13H28N2O2. The average molecular weight is 244 g/mol. The summed E-state index contributed by atoms with van der Waals surface area (Å²) in [5.74, 6) is 0. The summed E-state index contributed by atoms with van der Waals surface area (Å²) in [6.45, 7) is 6.72. The second kappa shape index (κ2) is 7.31. The summed E-state index contributed by atoms with van der Waals surface area (Å²) in [5, 5.41) is 12.6. The number of ether oxygens (including phenoxy) is 1. The number of rotatable bonds is 7. The monoisotopic (exact) mass is 244 g/mol. The van der Waals surface area contributed by atoms with Crippen LogP contribution < -0.4 is 5.32 Å². The van der Waals surface area contributed by atoms with E-state index in [-0.39, 0.29) is 6.10 Å². The molecular weight excluding hydrogens is 216 g/mol. The van der Waals surface area contributed by atoms with E-state index in [1.54, 1.807) is 0 Å². The summed E-state index contributed by atoms with van der Waals surface area (Å²) in [4.78, 5) is 2.34. The van der Waals surface area contributed by atoms with Gasteiger partial charge < -0.3 is 20.1 Å². The highest BCUT2D eigenvalue weighted by Gasteiger charge is 2.32. The first kappa shape index (κ1) is 14.9. The van der Waals surface area contributed by atoms with Gasteiger partial charge in [0.1, 0.15) is 0 Å². The van der Waals surface area contributed by atoms with Crippen LogP contribution in [-0.4, -0.2) is 63.1 Å². The van der Waals surface area contributed by atoms with E-state index in [0.717, 1.165) is 52.1 Å². The fraction of sp³-hybridized carbons (Fsp3) is 1.00. The fourth-order valence-corrected chi connectivity index (χ4v) is 2.63. The van der Waals surface area contributed by atoms with Gasteiger partial charge in [-0.25, -0.2) is 0 Å². The molecule has 102 valence electrons. The zero-order chi connectivity index (χ0) is 12.7. The van der Waals surface area contributed by atoms with Crippen LogP contribution in [0.3, 0.4) is 0 Å². The van der Waals surface area contributed by atoms with Crippen LogP contribution in [0.15, 0.2) is 0 Å². The molecule has 0 saturated carbocycles. The summed E-state index contributed by atoms with van der Waals surface area (Å²) in [6.07, 6.45) is 2.91. The van der Waals surface area contributed by atoms with Crippen molar-refractivity contribution in [3.05, 3.63) is 0 Å². The maximum Gasteiger partial charge on any atom is 0.0524 e. The first-order chi connectivity index (χ1) is 8.08. The normalized spacial score (nSPS) is 21.7. The van der Waals surface area contributed by atoms with Crippen LogP contribution in [0.2, 0.25) is 0 Å². The van der Waals surface area contributed by atoms with Crippen LogP contribution >= 0.6 is 0 Å². The van der Waals surface area contributed by atoms with Crippen LogP contribution in [-0.2, 0) is 4.74 Å². The van der Waals surface area contributed by atoms with Crippen molar-refractivity contribution in [2.75, 3.05) is 46.9 Å². The van der Waals surface area contributed by atoms with Gasteiger partial charge in [-0.3, -0.25) is 0 Å². The van der Waals surface area contributed by atoms with E-state index in [9.17, 15) is 5.11 Å². The number of nitrogens with zero attached hydrogens (tertiary/aromatic N) is 1. The predicted molar refractivity (Wildman–Crippen MR) is 70.2 cm³/mol. The maximum absolute atomic E-state index is 9.32. The molecule has 4 heteroatoms. The van der Waals surface area contributed by atoms with Gasteiger partial charge in [-0.15, -0.1) is 0 Å². The van der Waals surface area contributed by atoms with Gasteiger partial charge in [-0.2, -0.15) is 0 Å². The largest absolute Gasteiger partial charge is 0.393 e. The molecule has 0 aromatic carbocycles. The molecule has 1 unspecified atom stereocenters. The molecule has 1 saturated heterocycles. The summed E-state index contributed by atoms with van der Waals surface area (Å²) in [7, 11) is 4.17. The number of aliphatic hydroxyl groups excluding tert-OH is 1. The molecule has 17 heavy (non-hydrogen) atoms. The molecule has 1 aliphatic rings. The van der Waals surface area contributed by atoms with E-state index in [1.165, 1.54) is 0 Å². The van der Waals surface area contributed by atoms with Crippen molar-refractivity contribution in [3.63, 3.8) is 0 Å². The Morgan fingerprint density at radius 1 is 1.41 bits per heavy atom. The fourth-order valence-electron chi connectivity index (χ4n) is 2.63. The topological polar surface area (TPSA) is 44.7 Å². The van der Waals surface area contributed by atoms with Gasteiger partial charge in [-0.1, -0.05) is 0 Å². The summed E-state index contributed by atoms with van der Waals surface area (Å²) in [5.41, 5.74) is 0.348. The molecule has 1 fully saturated rings. The molecule has 0 radical (unpaired) electrons. The number of aliphatic hydroxyl groups is 1. The molecule has 0 aromatic heterocycles. The van der Waals surface area contributed by atoms with E-state index >= 15 is 0 Å². The third-order valence-corrected chi connectivity index (χ3v) is 3.64. The SMILES string of the molecule is CNCC1(CN(C)CCC(C)O)CCOCC1. The van der Waals surface area contributed by atoms with Gasteiger partial charge in [0, 0.05) is 32.8 Å². The second-order valence-corrected chi connectivity index (χ2v) is 5.52. The maximum atomic E-state index is 9.32. The lowest BCUT2D eigenvalue weighted by Gasteiger charge is -2.40. The molecule has 1 aliphatic heterocycles. The minimum Gasteiger partial charge on any atom is -0.393 e. The van der Waals surface area contributed by atoms with Crippen molar-refractivity contribution in [1.29, 1.82) is 0 Å². The molecule has 1 rings (SSSR count). The highest BCUT2D eigenvalue weighted by atomic mass is 16.5. The Balaban J connectivity index is 2.42. The van der Waals surface area contributed by atoms with E-state index in [4.69, 9.17) is 4.74 Å². The van der Waals surface area contributed by atoms with Gasteiger partial charge in [0.05, 0.1) is 6.10 Å². The van der Waals surface area contributed by atoms with Crippen molar-refractivity contribution < 1.29 is 9.84 Å².